The molecule has 7 heteroatoms. The van der Waals surface area contributed by atoms with Crippen LogP contribution in [-0.4, -0.2) is 37.2 Å². The fourth-order valence-electron chi connectivity index (χ4n) is 3.24. The maximum atomic E-state index is 12.4. The molecule has 0 aromatic heterocycles. The van der Waals surface area contributed by atoms with Gasteiger partial charge in [-0.15, -0.1) is 0 Å². The highest BCUT2D eigenvalue weighted by Gasteiger charge is 2.35. The molecule has 0 spiro atoms. The van der Waals surface area contributed by atoms with Gasteiger partial charge in [0.1, 0.15) is 6.04 Å². The number of carboxylic acid groups (broad SMARTS) is 1. The maximum absolute atomic E-state index is 12.4. The Bertz CT molecular complexity index is 924. The second kappa shape index (κ2) is 7.29. The van der Waals surface area contributed by atoms with Gasteiger partial charge in [0, 0.05) is 18.8 Å². The van der Waals surface area contributed by atoms with Gasteiger partial charge in [0.15, 0.2) is 9.84 Å². The first-order valence-electron chi connectivity index (χ1n) is 8.24. The van der Waals surface area contributed by atoms with Gasteiger partial charge in [0.05, 0.1) is 10.6 Å². The van der Waals surface area contributed by atoms with Crippen molar-refractivity contribution in [3.63, 3.8) is 0 Å². The number of benzene rings is 2. The summed E-state index contributed by atoms with van der Waals surface area (Å²) in [6.45, 7) is 0. The Morgan fingerprint density at radius 3 is 2.42 bits per heavy atom. The van der Waals surface area contributed by atoms with Gasteiger partial charge in [-0.3, -0.25) is 4.79 Å². The van der Waals surface area contributed by atoms with Crippen LogP contribution in [0.3, 0.4) is 0 Å². The summed E-state index contributed by atoms with van der Waals surface area (Å²) in [5.41, 5.74) is 1.42. The van der Waals surface area contributed by atoms with Crippen LogP contribution in [0.25, 0.3) is 0 Å². The van der Waals surface area contributed by atoms with E-state index in [4.69, 9.17) is 0 Å². The van der Waals surface area contributed by atoms with Crippen molar-refractivity contribution in [3.05, 3.63) is 65.7 Å². The zero-order chi connectivity index (χ0) is 18.7. The molecule has 1 aliphatic rings. The molecule has 1 heterocycles. The third-order valence-electron chi connectivity index (χ3n) is 4.46. The van der Waals surface area contributed by atoms with Crippen molar-refractivity contribution >= 4 is 21.7 Å². The molecule has 0 bridgehead atoms. The Hall–Kier alpha value is -2.67. The number of carbonyl (C=O) groups is 2. The lowest BCUT2D eigenvalue weighted by Gasteiger charge is -2.16. The Morgan fingerprint density at radius 2 is 1.73 bits per heavy atom. The highest BCUT2D eigenvalue weighted by atomic mass is 32.2. The summed E-state index contributed by atoms with van der Waals surface area (Å²) in [4.78, 5) is 24.1. The highest BCUT2D eigenvalue weighted by molar-refractivity contribution is 7.91. The summed E-state index contributed by atoms with van der Waals surface area (Å²) < 4.78 is 24.4. The third-order valence-corrected chi connectivity index (χ3v) is 6.35. The van der Waals surface area contributed by atoms with Gasteiger partial charge in [-0.05, 0) is 17.2 Å². The second-order valence-corrected chi connectivity index (χ2v) is 8.37. The number of aliphatic carboxylic acids is 1. The number of amides is 1. The minimum Gasteiger partial charge on any atom is -0.480 e. The molecule has 0 radical (unpaired) electrons. The fraction of sp³-hybridized carbons (Fsp3) is 0.263. The molecule has 1 amide bonds. The van der Waals surface area contributed by atoms with Crippen LogP contribution in [0.4, 0.5) is 0 Å². The van der Waals surface area contributed by atoms with Gasteiger partial charge in [-0.2, -0.15) is 0 Å². The van der Waals surface area contributed by atoms with Gasteiger partial charge < -0.3 is 10.4 Å². The highest BCUT2D eigenvalue weighted by Crippen LogP contribution is 2.36. The van der Waals surface area contributed by atoms with E-state index in [2.05, 4.69) is 5.32 Å². The molecule has 2 aromatic rings. The molecule has 1 aliphatic heterocycles. The molecule has 2 aromatic carbocycles. The normalized spacial score (nSPS) is 18.7. The molecular formula is C19H19NO5S. The van der Waals surface area contributed by atoms with Crippen LogP contribution >= 0.6 is 0 Å². The van der Waals surface area contributed by atoms with Gasteiger partial charge in [-0.25, -0.2) is 13.2 Å². The van der Waals surface area contributed by atoms with Crippen LogP contribution in [0.15, 0.2) is 59.5 Å². The van der Waals surface area contributed by atoms with E-state index in [9.17, 15) is 23.1 Å². The summed E-state index contributed by atoms with van der Waals surface area (Å²) in [6, 6.07) is 14.6. The standard InChI is InChI=1S/C19H19NO5S/c21-18(20-16(19(22)23)10-13-6-2-1-3-7-13)11-14-12-26(24,25)17-9-5-4-8-15(14)17/h1-9,14,16H,10-12H2,(H,20,21)(H,22,23)/t14?,16-/m0/s1. The molecule has 0 aliphatic carbocycles. The van der Waals surface area contributed by atoms with E-state index in [1.807, 2.05) is 6.07 Å². The van der Waals surface area contributed by atoms with Crippen LogP contribution < -0.4 is 5.32 Å². The van der Waals surface area contributed by atoms with Gasteiger partial charge in [-0.1, -0.05) is 48.5 Å². The number of carbonyl (C=O) groups excluding carboxylic acids is 1. The Morgan fingerprint density at radius 1 is 1.08 bits per heavy atom. The van der Waals surface area contributed by atoms with E-state index in [1.54, 1.807) is 42.5 Å². The van der Waals surface area contributed by atoms with Gasteiger partial charge >= 0.3 is 5.97 Å². The fourth-order valence-corrected chi connectivity index (χ4v) is 5.13. The molecule has 1 unspecified atom stereocenters. The molecule has 2 N–H and O–H groups in total. The predicted molar refractivity (Wildman–Crippen MR) is 95.6 cm³/mol. The van der Waals surface area contributed by atoms with E-state index < -0.39 is 33.7 Å². The number of sulfone groups is 1. The van der Waals surface area contributed by atoms with Crippen LogP contribution in [0.5, 0.6) is 0 Å². The quantitative estimate of drug-likeness (QED) is 0.804. The Kier molecular flexibility index (Phi) is 5.08. The van der Waals surface area contributed by atoms with E-state index in [0.717, 1.165) is 5.56 Å². The van der Waals surface area contributed by atoms with Crippen LogP contribution in [0.1, 0.15) is 23.5 Å². The predicted octanol–water partition coefficient (Wildman–Crippen LogP) is 1.76. The maximum Gasteiger partial charge on any atom is 0.326 e. The van der Waals surface area contributed by atoms with E-state index in [-0.39, 0.29) is 23.5 Å². The lowest BCUT2D eigenvalue weighted by atomic mass is 9.97. The lowest BCUT2D eigenvalue weighted by molar-refractivity contribution is -0.141. The van der Waals surface area contributed by atoms with Crippen LogP contribution in [0, 0.1) is 0 Å². The minimum atomic E-state index is -3.39. The molecule has 6 nitrogen and oxygen atoms in total. The summed E-state index contributed by atoms with van der Waals surface area (Å²) in [5, 5.41) is 11.9. The van der Waals surface area contributed by atoms with Crippen molar-refractivity contribution in [1.29, 1.82) is 0 Å². The summed E-state index contributed by atoms with van der Waals surface area (Å²) >= 11 is 0. The Labute approximate surface area is 151 Å². The minimum absolute atomic E-state index is 0.0607. The number of nitrogens with one attached hydrogen (secondary N) is 1. The van der Waals surface area contributed by atoms with Crippen molar-refractivity contribution in [2.24, 2.45) is 0 Å². The number of fused-ring (bicyclic) bond motifs is 1. The molecule has 136 valence electrons. The number of hydrogen-bond acceptors (Lipinski definition) is 4. The molecule has 0 saturated carbocycles. The largest absolute Gasteiger partial charge is 0.480 e. The first-order valence-corrected chi connectivity index (χ1v) is 9.90. The summed E-state index contributed by atoms with van der Waals surface area (Å²) in [6.07, 6.45) is 0.107. The smallest absolute Gasteiger partial charge is 0.326 e. The van der Waals surface area contributed by atoms with Crippen molar-refractivity contribution < 1.29 is 23.1 Å². The van der Waals surface area contributed by atoms with E-state index >= 15 is 0 Å². The first kappa shape index (κ1) is 18.1. The third kappa shape index (κ3) is 3.94. The monoisotopic (exact) mass is 373 g/mol. The number of hydrogen-bond donors (Lipinski definition) is 2. The Balaban J connectivity index is 1.69. The molecule has 3 rings (SSSR count). The second-order valence-electron chi connectivity index (χ2n) is 6.37. The van der Waals surface area contributed by atoms with Crippen molar-refractivity contribution in [2.75, 3.05) is 5.75 Å². The number of rotatable bonds is 6. The SMILES string of the molecule is O=C(CC1CS(=O)(=O)c2ccccc21)N[C@@H](Cc1ccccc1)C(=O)O. The van der Waals surface area contributed by atoms with Crippen molar-refractivity contribution in [3.8, 4) is 0 Å². The average molecular weight is 373 g/mol. The zero-order valence-electron chi connectivity index (χ0n) is 14.0. The van der Waals surface area contributed by atoms with E-state index in [1.165, 1.54) is 6.07 Å². The van der Waals surface area contributed by atoms with Crippen molar-refractivity contribution in [1.82, 2.24) is 5.32 Å². The van der Waals surface area contributed by atoms with E-state index in [0.29, 0.717) is 5.56 Å². The molecule has 2 atom stereocenters. The van der Waals surface area contributed by atoms with Crippen LogP contribution in [-0.2, 0) is 25.8 Å². The lowest BCUT2D eigenvalue weighted by Crippen LogP contribution is -2.42. The molecule has 26 heavy (non-hydrogen) atoms. The van der Waals surface area contributed by atoms with Crippen LogP contribution in [0.2, 0.25) is 0 Å². The summed E-state index contributed by atoms with van der Waals surface area (Å²) in [7, 11) is -3.39. The topological polar surface area (TPSA) is 101 Å². The first-order chi connectivity index (χ1) is 12.4. The van der Waals surface area contributed by atoms with Gasteiger partial charge in [0.2, 0.25) is 5.91 Å². The van der Waals surface area contributed by atoms with Gasteiger partial charge in [0.25, 0.3) is 0 Å². The number of carboxylic acids is 1. The molecule has 0 fully saturated rings. The summed E-state index contributed by atoms with van der Waals surface area (Å²) in [5.74, 6) is -2.18. The molecular weight excluding hydrogens is 354 g/mol. The average Bonchev–Trinajstić information content (AvgIpc) is 2.86. The van der Waals surface area contributed by atoms with Crippen molar-refractivity contribution in [2.45, 2.75) is 29.7 Å². The zero-order valence-corrected chi connectivity index (χ0v) is 14.8. The molecule has 0 saturated heterocycles.